The van der Waals surface area contributed by atoms with Gasteiger partial charge in [-0.3, -0.25) is 0 Å². The maximum Gasteiger partial charge on any atom is 0.138 e. The third-order valence-corrected chi connectivity index (χ3v) is 4.77. The standard InChI is InChI=1S/C18H19BrO2/c19-17-10-4-7-14(11-20)18(17)21-12-15-8-3-6-13-5-1-2-9-16(13)15/h1-2,4-5,7,9-10,15,20H,3,6,8,11-12H2. The second kappa shape index (κ2) is 6.63. The highest BCUT2D eigenvalue weighted by Gasteiger charge is 2.21. The van der Waals surface area contributed by atoms with Gasteiger partial charge in [-0.1, -0.05) is 36.4 Å². The van der Waals surface area contributed by atoms with Gasteiger partial charge in [0.15, 0.2) is 0 Å². The highest BCUT2D eigenvalue weighted by Crippen LogP contribution is 2.34. The van der Waals surface area contributed by atoms with Crippen LogP contribution in [0.3, 0.4) is 0 Å². The van der Waals surface area contributed by atoms with Crippen molar-refractivity contribution in [1.82, 2.24) is 0 Å². The van der Waals surface area contributed by atoms with E-state index in [4.69, 9.17) is 4.74 Å². The van der Waals surface area contributed by atoms with Gasteiger partial charge in [-0.25, -0.2) is 0 Å². The quantitative estimate of drug-likeness (QED) is 0.886. The smallest absolute Gasteiger partial charge is 0.138 e. The summed E-state index contributed by atoms with van der Waals surface area (Å²) >= 11 is 3.51. The Morgan fingerprint density at radius 1 is 1.14 bits per heavy atom. The predicted molar refractivity (Wildman–Crippen MR) is 87.7 cm³/mol. The summed E-state index contributed by atoms with van der Waals surface area (Å²) in [7, 11) is 0. The van der Waals surface area contributed by atoms with Gasteiger partial charge in [0, 0.05) is 11.5 Å². The third-order valence-electron chi connectivity index (χ3n) is 4.14. The molecule has 0 saturated heterocycles. The van der Waals surface area contributed by atoms with Crippen LogP contribution in [0.4, 0.5) is 0 Å². The minimum atomic E-state index is -0.00394. The van der Waals surface area contributed by atoms with E-state index in [0.29, 0.717) is 12.5 Å². The van der Waals surface area contributed by atoms with Gasteiger partial charge in [0.2, 0.25) is 0 Å². The molecule has 1 N–H and O–H groups in total. The van der Waals surface area contributed by atoms with E-state index < -0.39 is 0 Å². The van der Waals surface area contributed by atoms with Gasteiger partial charge >= 0.3 is 0 Å². The molecule has 3 rings (SSSR count). The Morgan fingerprint density at radius 2 is 2.00 bits per heavy atom. The maximum absolute atomic E-state index is 9.44. The summed E-state index contributed by atoms with van der Waals surface area (Å²) in [5.41, 5.74) is 3.70. The Balaban J connectivity index is 1.78. The zero-order chi connectivity index (χ0) is 14.7. The van der Waals surface area contributed by atoms with Crippen molar-refractivity contribution in [3.05, 3.63) is 63.6 Å². The number of aliphatic hydroxyl groups is 1. The van der Waals surface area contributed by atoms with Crippen LogP contribution in [-0.4, -0.2) is 11.7 Å². The Kier molecular flexibility index (Phi) is 4.61. The first-order valence-corrected chi connectivity index (χ1v) is 8.17. The number of aryl methyl sites for hydroxylation is 1. The van der Waals surface area contributed by atoms with Crippen LogP contribution in [0.25, 0.3) is 0 Å². The lowest BCUT2D eigenvalue weighted by Crippen LogP contribution is -2.17. The molecular formula is C18H19BrO2. The maximum atomic E-state index is 9.44. The number of benzene rings is 2. The molecular weight excluding hydrogens is 328 g/mol. The van der Waals surface area contributed by atoms with Crippen molar-refractivity contribution in [2.75, 3.05) is 6.61 Å². The zero-order valence-electron chi connectivity index (χ0n) is 11.9. The van der Waals surface area contributed by atoms with Gasteiger partial charge in [-0.15, -0.1) is 0 Å². The van der Waals surface area contributed by atoms with Gasteiger partial charge in [0.05, 0.1) is 17.7 Å². The highest BCUT2D eigenvalue weighted by molar-refractivity contribution is 9.10. The summed E-state index contributed by atoms with van der Waals surface area (Å²) in [5, 5.41) is 9.44. The van der Waals surface area contributed by atoms with E-state index in [-0.39, 0.29) is 6.61 Å². The largest absolute Gasteiger partial charge is 0.491 e. The van der Waals surface area contributed by atoms with E-state index in [9.17, 15) is 5.11 Å². The molecule has 3 heteroatoms. The van der Waals surface area contributed by atoms with E-state index in [0.717, 1.165) is 22.2 Å². The topological polar surface area (TPSA) is 29.5 Å². The van der Waals surface area contributed by atoms with Crippen LogP contribution in [0, 0.1) is 0 Å². The minimum Gasteiger partial charge on any atom is -0.491 e. The molecule has 0 amide bonds. The second-order valence-corrected chi connectivity index (χ2v) is 6.34. The fourth-order valence-electron chi connectivity index (χ4n) is 3.05. The molecule has 0 bridgehead atoms. The lowest BCUT2D eigenvalue weighted by atomic mass is 9.83. The fraction of sp³-hybridized carbons (Fsp3) is 0.333. The van der Waals surface area contributed by atoms with Crippen molar-refractivity contribution in [1.29, 1.82) is 0 Å². The van der Waals surface area contributed by atoms with E-state index in [2.05, 4.69) is 40.2 Å². The SMILES string of the molecule is OCc1cccc(Br)c1OCC1CCCc2ccccc21. The Bertz CT molecular complexity index is 624. The molecule has 1 unspecified atom stereocenters. The summed E-state index contributed by atoms with van der Waals surface area (Å²) in [4.78, 5) is 0. The van der Waals surface area contributed by atoms with E-state index in [1.165, 1.54) is 24.0 Å². The summed E-state index contributed by atoms with van der Waals surface area (Å²) in [6, 6.07) is 14.4. The molecule has 0 aliphatic heterocycles. The van der Waals surface area contributed by atoms with Crippen molar-refractivity contribution in [3.8, 4) is 5.75 Å². The Labute approximate surface area is 133 Å². The first-order valence-electron chi connectivity index (χ1n) is 7.38. The molecule has 0 saturated carbocycles. The number of fused-ring (bicyclic) bond motifs is 1. The van der Waals surface area contributed by atoms with Crippen LogP contribution in [0.1, 0.15) is 35.4 Å². The first kappa shape index (κ1) is 14.6. The molecule has 110 valence electrons. The Morgan fingerprint density at radius 3 is 2.86 bits per heavy atom. The zero-order valence-corrected chi connectivity index (χ0v) is 13.5. The monoisotopic (exact) mass is 346 g/mol. The molecule has 0 aromatic heterocycles. The van der Waals surface area contributed by atoms with E-state index in [1.54, 1.807) is 0 Å². The predicted octanol–water partition coefficient (Wildman–Crippen LogP) is 4.44. The molecule has 0 fully saturated rings. The summed E-state index contributed by atoms with van der Waals surface area (Å²) in [6.45, 7) is 0.655. The average Bonchev–Trinajstić information content (AvgIpc) is 2.53. The van der Waals surface area contributed by atoms with Crippen LogP contribution >= 0.6 is 15.9 Å². The molecule has 0 spiro atoms. The molecule has 1 aliphatic rings. The highest BCUT2D eigenvalue weighted by atomic mass is 79.9. The number of aliphatic hydroxyl groups excluding tert-OH is 1. The fourth-order valence-corrected chi connectivity index (χ4v) is 3.57. The van der Waals surface area contributed by atoms with Crippen molar-refractivity contribution < 1.29 is 9.84 Å². The lowest BCUT2D eigenvalue weighted by Gasteiger charge is -2.26. The Hall–Kier alpha value is -1.32. The van der Waals surface area contributed by atoms with Crippen molar-refractivity contribution >= 4 is 15.9 Å². The molecule has 21 heavy (non-hydrogen) atoms. The summed E-state index contributed by atoms with van der Waals surface area (Å²) in [5.74, 6) is 1.21. The van der Waals surface area contributed by atoms with Gasteiger partial charge < -0.3 is 9.84 Å². The van der Waals surface area contributed by atoms with Crippen molar-refractivity contribution in [2.45, 2.75) is 31.8 Å². The summed E-state index contributed by atoms with van der Waals surface area (Å²) < 4.78 is 6.95. The van der Waals surface area contributed by atoms with Crippen LogP contribution in [0.2, 0.25) is 0 Å². The van der Waals surface area contributed by atoms with Crippen molar-refractivity contribution in [2.24, 2.45) is 0 Å². The normalized spacial score (nSPS) is 17.3. The molecule has 2 aromatic rings. The van der Waals surface area contributed by atoms with E-state index in [1.807, 2.05) is 18.2 Å². The number of hydrogen-bond donors (Lipinski definition) is 1. The van der Waals surface area contributed by atoms with Crippen LogP contribution in [0.5, 0.6) is 5.75 Å². The molecule has 2 nitrogen and oxygen atoms in total. The lowest BCUT2D eigenvalue weighted by molar-refractivity contribution is 0.247. The van der Waals surface area contributed by atoms with Crippen LogP contribution in [0.15, 0.2) is 46.9 Å². The van der Waals surface area contributed by atoms with Crippen LogP contribution in [-0.2, 0) is 13.0 Å². The van der Waals surface area contributed by atoms with E-state index >= 15 is 0 Å². The molecule has 2 aromatic carbocycles. The number of halogens is 1. The molecule has 1 atom stereocenters. The summed E-state index contributed by atoms with van der Waals surface area (Å²) in [6.07, 6.45) is 3.55. The van der Waals surface area contributed by atoms with Gasteiger partial charge in [-0.2, -0.15) is 0 Å². The van der Waals surface area contributed by atoms with Gasteiger partial charge in [0.25, 0.3) is 0 Å². The first-order chi connectivity index (χ1) is 10.3. The van der Waals surface area contributed by atoms with Crippen molar-refractivity contribution in [3.63, 3.8) is 0 Å². The number of ether oxygens (including phenoxy) is 1. The third kappa shape index (κ3) is 3.14. The molecule has 0 heterocycles. The average molecular weight is 347 g/mol. The van der Waals surface area contributed by atoms with Gasteiger partial charge in [0.1, 0.15) is 5.75 Å². The molecule has 1 aliphatic carbocycles. The number of hydrogen-bond acceptors (Lipinski definition) is 2. The number of para-hydroxylation sites is 1. The number of rotatable bonds is 4. The molecule has 0 radical (unpaired) electrons. The second-order valence-electron chi connectivity index (χ2n) is 5.49. The minimum absolute atomic E-state index is 0.00394. The van der Waals surface area contributed by atoms with Gasteiger partial charge in [-0.05, 0) is 52.4 Å². The van der Waals surface area contributed by atoms with Crippen LogP contribution < -0.4 is 4.74 Å².